The number of carbonyl (C=O) groups excluding carboxylic acids is 1. The molecule has 1 aliphatic carbocycles. The van der Waals surface area contributed by atoms with Crippen molar-refractivity contribution in [2.75, 3.05) is 12.0 Å². The summed E-state index contributed by atoms with van der Waals surface area (Å²) in [6.45, 7) is 0.873. The predicted octanol–water partition coefficient (Wildman–Crippen LogP) is 2.30. The first-order valence-corrected chi connectivity index (χ1v) is 9.27. The summed E-state index contributed by atoms with van der Waals surface area (Å²) in [6, 6.07) is 0.892. The number of hydrogen-bond donors (Lipinski definition) is 3. The molecule has 9 nitrogen and oxygen atoms in total. The normalized spacial score (nSPS) is 20.1. The van der Waals surface area contributed by atoms with Gasteiger partial charge in [-0.25, -0.2) is 9.18 Å². The lowest BCUT2D eigenvalue weighted by atomic mass is 10.0. The maximum absolute atomic E-state index is 13.0. The average molecular weight is 392 g/mol. The third kappa shape index (κ3) is 4.49. The van der Waals surface area contributed by atoms with E-state index < -0.39 is 18.8 Å². The summed E-state index contributed by atoms with van der Waals surface area (Å²) in [5.74, 6) is 0.332. The molecule has 2 aromatic rings. The highest BCUT2D eigenvalue weighted by Crippen LogP contribution is 2.37. The quantitative estimate of drug-likeness (QED) is 0.669. The minimum absolute atomic E-state index is 0.0927. The number of nitrogens with zero attached hydrogens (tertiary/aromatic N) is 4. The molecular weight excluding hydrogens is 367 g/mol. The SMILES string of the molecule is C[C@@H](CF)N(C(=O)O)[C@@H]1CC[C@H](c2cc(NC(=O)Cc3cnn(C)c3)n[nH]2)C1. The highest BCUT2D eigenvalue weighted by atomic mass is 19.1. The lowest BCUT2D eigenvalue weighted by Gasteiger charge is -2.30. The number of carboxylic acid groups (broad SMARTS) is 1. The molecule has 0 unspecified atom stereocenters. The molecule has 0 saturated heterocycles. The van der Waals surface area contributed by atoms with Crippen LogP contribution in [0.4, 0.5) is 15.0 Å². The zero-order chi connectivity index (χ0) is 20.3. The number of halogens is 1. The summed E-state index contributed by atoms with van der Waals surface area (Å²) in [5.41, 5.74) is 1.66. The van der Waals surface area contributed by atoms with E-state index in [-0.39, 0.29) is 24.3 Å². The molecule has 1 aliphatic rings. The predicted molar refractivity (Wildman–Crippen MR) is 99.8 cm³/mol. The molecule has 0 aliphatic heterocycles. The highest BCUT2D eigenvalue weighted by molar-refractivity contribution is 5.91. The van der Waals surface area contributed by atoms with Gasteiger partial charge in [0.1, 0.15) is 6.67 Å². The van der Waals surface area contributed by atoms with E-state index >= 15 is 0 Å². The van der Waals surface area contributed by atoms with Gasteiger partial charge in [-0.05, 0) is 31.7 Å². The standard InChI is InChI=1S/C18H25FN6O3/c1-11(8-19)25(18(27)28)14-4-3-13(6-14)15-7-16(23-22-15)21-17(26)5-12-9-20-24(2)10-12/h7,9-11,13-14H,3-6,8H2,1-2H3,(H,27,28)(H2,21,22,23,26)/t11-,13-,14+/m0/s1. The summed E-state index contributed by atoms with van der Waals surface area (Å²) >= 11 is 0. The second-order valence-electron chi connectivity index (χ2n) is 7.31. The van der Waals surface area contributed by atoms with Gasteiger partial charge in [-0.3, -0.25) is 14.6 Å². The molecule has 2 heterocycles. The first-order valence-electron chi connectivity index (χ1n) is 9.27. The maximum Gasteiger partial charge on any atom is 0.407 e. The van der Waals surface area contributed by atoms with Crippen LogP contribution < -0.4 is 5.32 Å². The van der Waals surface area contributed by atoms with Crippen molar-refractivity contribution in [1.82, 2.24) is 24.9 Å². The van der Waals surface area contributed by atoms with Crippen molar-refractivity contribution in [2.24, 2.45) is 7.05 Å². The molecule has 0 bridgehead atoms. The number of anilines is 1. The molecule has 0 spiro atoms. The zero-order valence-corrected chi connectivity index (χ0v) is 15.9. The van der Waals surface area contributed by atoms with Crippen LogP contribution in [0.25, 0.3) is 0 Å². The van der Waals surface area contributed by atoms with Crippen molar-refractivity contribution < 1.29 is 19.1 Å². The second kappa shape index (κ2) is 8.41. The molecule has 2 aromatic heterocycles. The lowest BCUT2D eigenvalue weighted by Crippen LogP contribution is -2.45. The Labute approximate surface area is 161 Å². The number of aryl methyl sites for hydroxylation is 1. The number of hydrogen-bond acceptors (Lipinski definition) is 4. The fourth-order valence-electron chi connectivity index (χ4n) is 3.82. The van der Waals surface area contributed by atoms with Gasteiger partial charge in [0, 0.05) is 37.0 Å². The Hall–Kier alpha value is -2.91. The van der Waals surface area contributed by atoms with Crippen LogP contribution in [0, 0.1) is 0 Å². The third-order valence-corrected chi connectivity index (χ3v) is 5.15. The minimum atomic E-state index is -1.09. The van der Waals surface area contributed by atoms with Gasteiger partial charge in [-0.15, -0.1) is 0 Å². The minimum Gasteiger partial charge on any atom is -0.465 e. The van der Waals surface area contributed by atoms with Gasteiger partial charge in [0.25, 0.3) is 0 Å². The number of carbonyl (C=O) groups is 2. The first kappa shape index (κ1) is 19.8. The molecule has 3 N–H and O–H groups in total. The lowest BCUT2D eigenvalue weighted by molar-refractivity contribution is -0.115. The van der Waals surface area contributed by atoms with Crippen LogP contribution in [0.3, 0.4) is 0 Å². The summed E-state index contributed by atoms with van der Waals surface area (Å²) in [5, 5.41) is 23.3. The van der Waals surface area contributed by atoms with Crippen LogP contribution in [0.2, 0.25) is 0 Å². The summed E-state index contributed by atoms with van der Waals surface area (Å²) in [7, 11) is 1.79. The summed E-state index contributed by atoms with van der Waals surface area (Å²) in [6.07, 6.45) is 4.57. The number of amides is 2. The molecule has 2 amide bonds. The van der Waals surface area contributed by atoms with Crippen LogP contribution in [0.5, 0.6) is 0 Å². The summed E-state index contributed by atoms with van der Waals surface area (Å²) in [4.78, 5) is 24.8. The molecule has 0 aromatic carbocycles. The Morgan fingerprint density at radius 1 is 1.50 bits per heavy atom. The zero-order valence-electron chi connectivity index (χ0n) is 15.9. The van der Waals surface area contributed by atoms with Gasteiger partial charge >= 0.3 is 6.09 Å². The van der Waals surface area contributed by atoms with E-state index in [1.807, 2.05) is 0 Å². The maximum atomic E-state index is 13.0. The topological polar surface area (TPSA) is 116 Å². The van der Waals surface area contributed by atoms with Crippen LogP contribution in [-0.4, -0.2) is 60.7 Å². The molecule has 1 fully saturated rings. The molecule has 0 radical (unpaired) electrons. The van der Waals surface area contributed by atoms with Gasteiger partial charge in [-0.2, -0.15) is 10.2 Å². The number of aromatic nitrogens is 4. The number of H-pyrrole nitrogens is 1. The number of rotatable bonds is 7. The fraction of sp³-hybridized carbons (Fsp3) is 0.556. The number of nitrogens with one attached hydrogen (secondary N) is 2. The van der Waals surface area contributed by atoms with Crippen LogP contribution in [-0.2, 0) is 18.3 Å². The molecule has 10 heteroatoms. The van der Waals surface area contributed by atoms with Crippen molar-refractivity contribution in [1.29, 1.82) is 0 Å². The van der Waals surface area contributed by atoms with E-state index in [2.05, 4.69) is 20.6 Å². The Kier molecular flexibility index (Phi) is 5.96. The second-order valence-corrected chi connectivity index (χ2v) is 7.31. The van der Waals surface area contributed by atoms with Crippen LogP contribution in [0.1, 0.15) is 43.4 Å². The molecule has 152 valence electrons. The Morgan fingerprint density at radius 2 is 2.29 bits per heavy atom. The van der Waals surface area contributed by atoms with E-state index in [0.717, 1.165) is 17.7 Å². The Balaban J connectivity index is 1.58. The van der Waals surface area contributed by atoms with E-state index in [1.165, 1.54) is 4.90 Å². The van der Waals surface area contributed by atoms with Crippen molar-refractivity contribution in [2.45, 2.75) is 50.6 Å². The molecule has 3 rings (SSSR count). The van der Waals surface area contributed by atoms with Gasteiger partial charge in [0.2, 0.25) is 5.91 Å². The van der Waals surface area contributed by atoms with Crippen molar-refractivity contribution in [3.8, 4) is 0 Å². The third-order valence-electron chi connectivity index (χ3n) is 5.15. The van der Waals surface area contributed by atoms with E-state index in [1.54, 1.807) is 37.1 Å². The van der Waals surface area contributed by atoms with E-state index in [4.69, 9.17) is 0 Å². The van der Waals surface area contributed by atoms with E-state index in [0.29, 0.717) is 18.7 Å². The Bertz CT molecular complexity index is 835. The molecular formula is C18H25FN6O3. The smallest absolute Gasteiger partial charge is 0.407 e. The van der Waals surface area contributed by atoms with Crippen molar-refractivity contribution in [3.63, 3.8) is 0 Å². The van der Waals surface area contributed by atoms with Crippen LogP contribution in [0.15, 0.2) is 18.5 Å². The fourth-order valence-corrected chi connectivity index (χ4v) is 3.82. The average Bonchev–Trinajstić information content (AvgIpc) is 3.36. The van der Waals surface area contributed by atoms with Crippen LogP contribution >= 0.6 is 0 Å². The highest BCUT2D eigenvalue weighted by Gasteiger charge is 2.35. The van der Waals surface area contributed by atoms with E-state index in [9.17, 15) is 19.1 Å². The largest absolute Gasteiger partial charge is 0.465 e. The first-order chi connectivity index (χ1) is 13.4. The molecule has 28 heavy (non-hydrogen) atoms. The van der Waals surface area contributed by atoms with Gasteiger partial charge in [0.15, 0.2) is 5.82 Å². The molecule has 1 saturated carbocycles. The Morgan fingerprint density at radius 3 is 2.93 bits per heavy atom. The monoisotopic (exact) mass is 392 g/mol. The number of aromatic amines is 1. The van der Waals surface area contributed by atoms with Gasteiger partial charge in [0.05, 0.1) is 18.7 Å². The van der Waals surface area contributed by atoms with Gasteiger partial charge < -0.3 is 15.3 Å². The van der Waals surface area contributed by atoms with Crippen molar-refractivity contribution in [3.05, 3.63) is 29.7 Å². The summed E-state index contributed by atoms with van der Waals surface area (Å²) < 4.78 is 14.6. The van der Waals surface area contributed by atoms with Gasteiger partial charge in [-0.1, -0.05) is 0 Å². The number of alkyl halides is 1. The molecule has 3 atom stereocenters. The van der Waals surface area contributed by atoms with Crippen molar-refractivity contribution >= 4 is 17.8 Å².